The Bertz CT molecular complexity index is 834. The van der Waals surface area contributed by atoms with Crippen LogP contribution in [0.3, 0.4) is 0 Å². The van der Waals surface area contributed by atoms with Crippen LogP contribution in [0.4, 0.5) is 0 Å². The zero-order valence-corrected chi connectivity index (χ0v) is 14.4. The number of hydrogen-bond acceptors (Lipinski definition) is 6. The van der Waals surface area contributed by atoms with Crippen molar-refractivity contribution in [2.75, 3.05) is 13.1 Å². The normalized spacial score (nSPS) is 17.2. The molecule has 1 amide bonds. The van der Waals surface area contributed by atoms with E-state index in [1.165, 1.54) is 0 Å². The number of carboxylic acid groups (broad SMARTS) is 1. The zero-order valence-electron chi connectivity index (χ0n) is 14.4. The fourth-order valence-corrected chi connectivity index (χ4v) is 3.04. The topological polar surface area (TPSA) is 117 Å². The van der Waals surface area contributed by atoms with Gasteiger partial charge in [0, 0.05) is 31.6 Å². The molecule has 1 saturated heterocycles. The van der Waals surface area contributed by atoms with Gasteiger partial charge in [-0.15, -0.1) is 0 Å². The molecule has 2 aromatic heterocycles. The Hall–Kier alpha value is -2.48. The molecular formula is C17H21N3O5. The van der Waals surface area contributed by atoms with Crippen LogP contribution in [0.25, 0.3) is 11.1 Å². The molecular weight excluding hydrogens is 326 g/mol. The van der Waals surface area contributed by atoms with Gasteiger partial charge in [0.15, 0.2) is 5.60 Å². The predicted molar refractivity (Wildman–Crippen MR) is 88.4 cm³/mol. The van der Waals surface area contributed by atoms with E-state index in [1.807, 2.05) is 13.8 Å². The molecule has 0 aromatic carbocycles. The standard InChI is InChI=1S/C17H21N3O5/c1-9(2)12-8-11(13-10(3)19-25-14(13)18-12)15(21)20-6-4-17(24,5-7-20)16(22)23/h8-9,24H,4-7H2,1-3H3,(H,22,23). The maximum absolute atomic E-state index is 13.0. The highest BCUT2D eigenvalue weighted by Gasteiger charge is 2.41. The number of rotatable bonds is 3. The summed E-state index contributed by atoms with van der Waals surface area (Å²) in [5.74, 6) is -1.37. The molecule has 2 aromatic rings. The molecule has 25 heavy (non-hydrogen) atoms. The molecule has 0 radical (unpaired) electrons. The smallest absolute Gasteiger partial charge is 0.335 e. The molecule has 3 heterocycles. The average Bonchev–Trinajstić information content (AvgIpc) is 2.95. The molecule has 0 atom stereocenters. The van der Waals surface area contributed by atoms with Gasteiger partial charge < -0.3 is 19.6 Å². The van der Waals surface area contributed by atoms with E-state index < -0.39 is 11.6 Å². The predicted octanol–water partition coefficient (Wildman–Crippen LogP) is 1.71. The van der Waals surface area contributed by atoms with Gasteiger partial charge in [-0.1, -0.05) is 19.0 Å². The van der Waals surface area contributed by atoms with Crippen molar-refractivity contribution in [2.24, 2.45) is 0 Å². The van der Waals surface area contributed by atoms with Crippen LogP contribution in [-0.4, -0.2) is 55.8 Å². The Morgan fingerprint density at radius 1 is 1.32 bits per heavy atom. The van der Waals surface area contributed by atoms with Gasteiger partial charge >= 0.3 is 5.97 Å². The van der Waals surface area contributed by atoms with Gasteiger partial charge in [-0.2, -0.15) is 0 Å². The Morgan fingerprint density at radius 2 is 1.96 bits per heavy atom. The third-order valence-corrected chi connectivity index (χ3v) is 4.73. The summed E-state index contributed by atoms with van der Waals surface area (Å²) >= 11 is 0. The van der Waals surface area contributed by atoms with Gasteiger partial charge in [-0.05, 0) is 18.9 Å². The number of aliphatic carboxylic acids is 1. The summed E-state index contributed by atoms with van der Waals surface area (Å²) < 4.78 is 5.23. The van der Waals surface area contributed by atoms with E-state index in [-0.39, 0.29) is 37.8 Å². The van der Waals surface area contributed by atoms with E-state index in [0.29, 0.717) is 22.4 Å². The Labute approximate surface area is 144 Å². The number of hydrogen-bond donors (Lipinski definition) is 2. The molecule has 1 fully saturated rings. The van der Waals surface area contributed by atoms with Gasteiger partial charge in [-0.25, -0.2) is 9.78 Å². The van der Waals surface area contributed by atoms with Crippen LogP contribution in [0.1, 0.15) is 54.4 Å². The molecule has 1 aliphatic heterocycles. The number of aliphatic hydroxyl groups is 1. The first-order valence-corrected chi connectivity index (χ1v) is 8.25. The molecule has 0 unspecified atom stereocenters. The van der Waals surface area contributed by atoms with Crippen molar-refractivity contribution in [3.05, 3.63) is 23.0 Å². The third-order valence-electron chi connectivity index (χ3n) is 4.73. The molecule has 2 N–H and O–H groups in total. The van der Waals surface area contributed by atoms with E-state index in [4.69, 9.17) is 9.63 Å². The number of carbonyl (C=O) groups is 2. The second kappa shape index (κ2) is 6.11. The van der Waals surface area contributed by atoms with Crippen molar-refractivity contribution in [3.8, 4) is 0 Å². The molecule has 8 heteroatoms. The number of pyridine rings is 1. The lowest BCUT2D eigenvalue weighted by Gasteiger charge is -2.35. The average molecular weight is 347 g/mol. The van der Waals surface area contributed by atoms with Gasteiger partial charge in [0.2, 0.25) is 0 Å². The molecule has 0 saturated carbocycles. The first-order chi connectivity index (χ1) is 11.7. The molecule has 134 valence electrons. The summed E-state index contributed by atoms with van der Waals surface area (Å²) in [6.07, 6.45) is 0.00388. The fourth-order valence-electron chi connectivity index (χ4n) is 3.04. The van der Waals surface area contributed by atoms with Crippen molar-refractivity contribution in [1.82, 2.24) is 15.0 Å². The summed E-state index contributed by atoms with van der Waals surface area (Å²) in [6.45, 7) is 6.04. The minimum absolute atomic E-state index is 0.00194. The van der Waals surface area contributed by atoms with Crippen molar-refractivity contribution in [2.45, 2.75) is 45.1 Å². The highest BCUT2D eigenvalue weighted by Crippen LogP contribution is 2.28. The number of fused-ring (bicyclic) bond motifs is 1. The number of likely N-dealkylation sites (tertiary alicyclic amines) is 1. The van der Waals surface area contributed by atoms with Gasteiger partial charge in [0.1, 0.15) is 0 Å². The zero-order chi connectivity index (χ0) is 18.4. The summed E-state index contributed by atoms with van der Waals surface area (Å²) in [7, 11) is 0. The maximum Gasteiger partial charge on any atom is 0.335 e. The molecule has 3 rings (SSSR count). The monoisotopic (exact) mass is 347 g/mol. The highest BCUT2D eigenvalue weighted by atomic mass is 16.5. The van der Waals surface area contributed by atoms with Gasteiger partial charge in [0.25, 0.3) is 11.6 Å². The lowest BCUT2D eigenvalue weighted by molar-refractivity contribution is -0.162. The van der Waals surface area contributed by atoms with Crippen molar-refractivity contribution >= 4 is 23.0 Å². The quantitative estimate of drug-likeness (QED) is 0.868. The lowest BCUT2D eigenvalue weighted by Crippen LogP contribution is -2.50. The molecule has 0 spiro atoms. The summed E-state index contributed by atoms with van der Waals surface area (Å²) in [6, 6.07) is 1.75. The van der Waals surface area contributed by atoms with E-state index in [9.17, 15) is 14.7 Å². The number of piperidine rings is 1. The molecule has 8 nitrogen and oxygen atoms in total. The minimum atomic E-state index is -1.76. The van der Waals surface area contributed by atoms with Crippen molar-refractivity contribution < 1.29 is 24.3 Å². The molecule has 0 aliphatic carbocycles. The number of carbonyl (C=O) groups excluding carboxylic acids is 1. The third kappa shape index (κ3) is 2.97. The van der Waals surface area contributed by atoms with E-state index in [0.717, 1.165) is 5.69 Å². The molecule has 1 aliphatic rings. The van der Waals surface area contributed by atoms with Crippen LogP contribution in [0.2, 0.25) is 0 Å². The summed E-state index contributed by atoms with van der Waals surface area (Å²) in [5.41, 5.74) is 0.325. The van der Waals surface area contributed by atoms with Crippen LogP contribution in [0.15, 0.2) is 10.6 Å². The SMILES string of the molecule is Cc1noc2nc(C(C)C)cc(C(=O)N3CCC(O)(C(=O)O)CC3)c12. The van der Waals surface area contributed by atoms with Crippen molar-refractivity contribution in [3.63, 3.8) is 0 Å². The highest BCUT2D eigenvalue weighted by molar-refractivity contribution is 6.06. The van der Waals surface area contributed by atoms with Crippen LogP contribution in [0, 0.1) is 6.92 Å². The Morgan fingerprint density at radius 3 is 2.52 bits per heavy atom. The van der Waals surface area contributed by atoms with E-state index in [2.05, 4.69) is 10.1 Å². The number of amides is 1. The maximum atomic E-state index is 13.0. The van der Waals surface area contributed by atoms with Crippen LogP contribution in [0.5, 0.6) is 0 Å². The number of aryl methyl sites for hydroxylation is 1. The van der Waals surface area contributed by atoms with Gasteiger partial charge in [0.05, 0.1) is 16.6 Å². The second-order valence-corrected chi connectivity index (χ2v) is 6.83. The van der Waals surface area contributed by atoms with E-state index in [1.54, 1.807) is 17.9 Å². The summed E-state index contributed by atoms with van der Waals surface area (Å²) in [5, 5.41) is 23.6. The number of nitrogens with zero attached hydrogens (tertiary/aromatic N) is 3. The molecule has 0 bridgehead atoms. The second-order valence-electron chi connectivity index (χ2n) is 6.83. The van der Waals surface area contributed by atoms with Crippen molar-refractivity contribution in [1.29, 1.82) is 0 Å². The first-order valence-electron chi connectivity index (χ1n) is 8.25. The Balaban J connectivity index is 1.95. The first kappa shape index (κ1) is 17.3. The fraction of sp³-hybridized carbons (Fsp3) is 0.529. The summed E-state index contributed by atoms with van der Waals surface area (Å²) in [4.78, 5) is 30.1. The number of carboxylic acids is 1. The van der Waals surface area contributed by atoms with Crippen LogP contribution < -0.4 is 0 Å². The lowest BCUT2D eigenvalue weighted by atomic mass is 9.91. The minimum Gasteiger partial charge on any atom is -0.479 e. The largest absolute Gasteiger partial charge is 0.479 e. The van der Waals surface area contributed by atoms with Crippen LogP contribution in [-0.2, 0) is 4.79 Å². The van der Waals surface area contributed by atoms with Crippen LogP contribution >= 0.6 is 0 Å². The van der Waals surface area contributed by atoms with Gasteiger partial charge in [-0.3, -0.25) is 4.79 Å². The Kier molecular flexibility index (Phi) is 4.24. The number of aromatic nitrogens is 2. The van der Waals surface area contributed by atoms with E-state index >= 15 is 0 Å².